The van der Waals surface area contributed by atoms with E-state index in [-0.39, 0.29) is 5.75 Å². The van der Waals surface area contributed by atoms with Gasteiger partial charge in [0.2, 0.25) is 5.95 Å². The Bertz CT molecular complexity index is 1030. The molecule has 8 nitrogen and oxygen atoms in total. The monoisotopic (exact) mass is 489 g/mol. The van der Waals surface area contributed by atoms with Crippen LogP contribution in [0.5, 0.6) is 5.75 Å². The van der Waals surface area contributed by atoms with Crippen molar-refractivity contribution in [1.82, 2.24) is 20.6 Å². The number of benzene rings is 1. The summed E-state index contributed by atoms with van der Waals surface area (Å²) >= 11 is 0. The van der Waals surface area contributed by atoms with Crippen LogP contribution in [-0.4, -0.2) is 47.3 Å². The molecule has 1 saturated heterocycles. The highest BCUT2D eigenvalue weighted by atomic mass is 16.3. The zero-order valence-electron chi connectivity index (χ0n) is 21.0. The van der Waals surface area contributed by atoms with Crippen LogP contribution >= 0.6 is 0 Å². The van der Waals surface area contributed by atoms with Gasteiger partial charge in [-0.05, 0) is 87.9 Å². The maximum atomic E-state index is 10.00. The maximum absolute atomic E-state index is 10.00. The van der Waals surface area contributed by atoms with Crippen LogP contribution in [0.15, 0.2) is 30.5 Å². The van der Waals surface area contributed by atoms with Gasteiger partial charge in [-0.1, -0.05) is 24.6 Å². The van der Waals surface area contributed by atoms with Gasteiger partial charge in [-0.2, -0.15) is 10.2 Å². The first-order valence-electron chi connectivity index (χ1n) is 13.7. The molecule has 192 valence electrons. The number of hydrogen-bond donors (Lipinski definition) is 5. The first-order chi connectivity index (χ1) is 17.7. The van der Waals surface area contributed by atoms with Gasteiger partial charge in [-0.3, -0.25) is 0 Å². The van der Waals surface area contributed by atoms with E-state index >= 15 is 0 Å². The lowest BCUT2D eigenvalue weighted by molar-refractivity contribution is 0.0838. The number of nitriles is 1. The number of aromatic hydroxyl groups is 1. The number of para-hydroxylation sites is 1. The van der Waals surface area contributed by atoms with Gasteiger partial charge in [0.05, 0.1) is 6.20 Å². The van der Waals surface area contributed by atoms with Crippen molar-refractivity contribution in [2.45, 2.75) is 57.5 Å². The summed E-state index contributed by atoms with van der Waals surface area (Å²) in [5.74, 6) is 4.19. The van der Waals surface area contributed by atoms with E-state index in [0.29, 0.717) is 35.8 Å². The molecule has 4 atom stereocenters. The molecule has 3 aliphatic rings. The minimum Gasteiger partial charge on any atom is -0.508 e. The quantitative estimate of drug-likeness (QED) is 0.360. The molecular weight excluding hydrogens is 450 g/mol. The van der Waals surface area contributed by atoms with Crippen molar-refractivity contribution < 1.29 is 5.11 Å². The molecule has 0 spiro atoms. The Morgan fingerprint density at radius 3 is 2.53 bits per heavy atom. The molecule has 2 aromatic rings. The van der Waals surface area contributed by atoms with Gasteiger partial charge in [-0.15, -0.1) is 0 Å². The summed E-state index contributed by atoms with van der Waals surface area (Å²) < 4.78 is 0. The van der Waals surface area contributed by atoms with Crippen molar-refractivity contribution in [1.29, 1.82) is 5.26 Å². The summed E-state index contributed by atoms with van der Waals surface area (Å²) in [7, 11) is 0. The van der Waals surface area contributed by atoms with Gasteiger partial charge in [0.1, 0.15) is 23.2 Å². The number of hydrogen-bond acceptors (Lipinski definition) is 8. The highest BCUT2D eigenvalue weighted by Crippen LogP contribution is 2.43. The fourth-order valence-electron chi connectivity index (χ4n) is 6.52. The van der Waals surface area contributed by atoms with Gasteiger partial charge < -0.3 is 26.4 Å². The molecule has 2 unspecified atom stereocenters. The van der Waals surface area contributed by atoms with E-state index in [2.05, 4.69) is 37.3 Å². The Labute approximate surface area is 214 Å². The maximum Gasteiger partial charge on any atom is 0.224 e. The number of phenolic OH excluding ortho intramolecular Hbond substituents is 1. The molecule has 1 aromatic carbocycles. The minimum atomic E-state index is 0.239. The molecule has 3 fully saturated rings. The van der Waals surface area contributed by atoms with Crippen molar-refractivity contribution in [3.63, 3.8) is 0 Å². The topological polar surface area (TPSA) is 118 Å². The predicted molar refractivity (Wildman–Crippen MR) is 142 cm³/mol. The molecule has 2 saturated carbocycles. The molecule has 1 aliphatic heterocycles. The summed E-state index contributed by atoms with van der Waals surface area (Å²) in [6.07, 6.45) is 10.6. The van der Waals surface area contributed by atoms with Crippen LogP contribution in [0.4, 0.5) is 11.8 Å². The van der Waals surface area contributed by atoms with Crippen molar-refractivity contribution in [3.8, 4) is 11.8 Å². The lowest BCUT2D eigenvalue weighted by atomic mass is 9.64. The molecule has 2 heterocycles. The van der Waals surface area contributed by atoms with Crippen molar-refractivity contribution in [3.05, 3.63) is 41.6 Å². The van der Waals surface area contributed by atoms with Crippen molar-refractivity contribution >= 4 is 11.8 Å². The summed E-state index contributed by atoms with van der Waals surface area (Å²) in [4.78, 5) is 8.87. The lowest BCUT2D eigenvalue weighted by Gasteiger charge is -2.47. The molecule has 5 rings (SSSR count). The van der Waals surface area contributed by atoms with Crippen molar-refractivity contribution in [2.24, 2.45) is 23.7 Å². The summed E-state index contributed by atoms with van der Waals surface area (Å²) in [5, 5.41) is 33.7. The Kier molecular flexibility index (Phi) is 8.19. The molecular formula is C28H39N7O. The van der Waals surface area contributed by atoms with E-state index in [1.165, 1.54) is 51.5 Å². The van der Waals surface area contributed by atoms with E-state index < -0.39 is 0 Å². The van der Waals surface area contributed by atoms with Crippen LogP contribution in [0.25, 0.3) is 0 Å². The molecule has 5 N–H and O–H groups in total. The largest absolute Gasteiger partial charge is 0.508 e. The Balaban J connectivity index is 1.16. The zero-order valence-corrected chi connectivity index (χ0v) is 21.0. The SMILES string of the molecule is N#Cc1cnc(NCc2ccccc2O)nc1NCC1C[C@H]2CCC[C@@H](C1)C2NCC1CCNCC1. The standard InChI is InChI=1S/C28H39N7O/c29-14-24-18-34-28(33-17-23-4-1-2-7-25(23)36)35-27(24)32-16-20-12-21-5-3-6-22(13-20)26(21)31-15-19-8-10-30-11-9-19/h1-2,4,7,18-22,26,30-31,36H,3,5-6,8-13,15-17H2,(H2,32,33,34,35)/t20?,21-,22+,26?. The predicted octanol–water partition coefficient (Wildman–Crippen LogP) is 3.86. The van der Waals surface area contributed by atoms with Crippen LogP contribution < -0.4 is 21.3 Å². The summed E-state index contributed by atoms with van der Waals surface area (Å²) in [5.41, 5.74) is 1.23. The molecule has 0 radical (unpaired) electrons. The van der Waals surface area contributed by atoms with Gasteiger partial charge in [0.25, 0.3) is 0 Å². The van der Waals surface area contributed by atoms with Crippen LogP contribution in [0, 0.1) is 35.0 Å². The fourth-order valence-corrected chi connectivity index (χ4v) is 6.52. The molecule has 1 aromatic heterocycles. The number of rotatable bonds is 9. The number of piperidine rings is 1. The molecule has 8 heteroatoms. The average molecular weight is 490 g/mol. The molecule has 2 aliphatic carbocycles. The smallest absolute Gasteiger partial charge is 0.224 e. The van der Waals surface area contributed by atoms with E-state index in [9.17, 15) is 10.4 Å². The first-order valence-corrected chi connectivity index (χ1v) is 13.7. The van der Waals surface area contributed by atoms with Gasteiger partial charge in [0.15, 0.2) is 0 Å². The normalized spacial score (nSPS) is 26.2. The first kappa shape index (κ1) is 24.8. The zero-order chi connectivity index (χ0) is 24.7. The van der Waals surface area contributed by atoms with Crippen LogP contribution in [0.1, 0.15) is 56.1 Å². The minimum absolute atomic E-state index is 0.239. The van der Waals surface area contributed by atoms with Gasteiger partial charge in [0, 0.05) is 24.7 Å². The van der Waals surface area contributed by atoms with E-state index in [0.717, 1.165) is 43.0 Å². The van der Waals surface area contributed by atoms with Crippen LogP contribution in [0.3, 0.4) is 0 Å². The van der Waals surface area contributed by atoms with E-state index in [1.807, 2.05) is 12.1 Å². The van der Waals surface area contributed by atoms with Crippen LogP contribution in [-0.2, 0) is 6.54 Å². The van der Waals surface area contributed by atoms with E-state index in [1.54, 1.807) is 18.3 Å². The van der Waals surface area contributed by atoms with Gasteiger partial charge >= 0.3 is 0 Å². The number of aromatic nitrogens is 2. The lowest BCUT2D eigenvalue weighted by Crippen LogP contribution is -2.51. The Hall–Kier alpha value is -2.89. The third kappa shape index (κ3) is 6.08. The number of anilines is 2. The Morgan fingerprint density at radius 1 is 1.00 bits per heavy atom. The molecule has 2 bridgehead atoms. The average Bonchev–Trinajstić information content (AvgIpc) is 2.90. The number of fused-ring (bicyclic) bond motifs is 2. The molecule has 36 heavy (non-hydrogen) atoms. The Morgan fingerprint density at radius 2 is 1.78 bits per heavy atom. The highest BCUT2D eigenvalue weighted by Gasteiger charge is 2.40. The summed E-state index contributed by atoms with van der Waals surface area (Å²) in [6, 6.07) is 10.1. The third-order valence-electron chi connectivity index (χ3n) is 8.43. The summed E-state index contributed by atoms with van der Waals surface area (Å²) in [6.45, 7) is 4.74. The number of phenols is 1. The van der Waals surface area contributed by atoms with Crippen molar-refractivity contribution in [2.75, 3.05) is 36.8 Å². The second kappa shape index (κ2) is 11.9. The number of nitrogens with one attached hydrogen (secondary N) is 4. The van der Waals surface area contributed by atoms with Crippen LogP contribution in [0.2, 0.25) is 0 Å². The fraction of sp³-hybridized carbons (Fsp3) is 0.607. The second-order valence-electron chi connectivity index (χ2n) is 10.8. The number of nitrogens with zero attached hydrogens (tertiary/aromatic N) is 3. The third-order valence-corrected chi connectivity index (χ3v) is 8.43. The molecule has 0 amide bonds. The second-order valence-corrected chi connectivity index (χ2v) is 10.8. The van der Waals surface area contributed by atoms with Gasteiger partial charge in [-0.25, -0.2) is 4.98 Å². The highest BCUT2D eigenvalue weighted by molar-refractivity contribution is 5.53. The van der Waals surface area contributed by atoms with E-state index in [4.69, 9.17) is 0 Å².